The van der Waals surface area contributed by atoms with Gasteiger partial charge < -0.3 is 10.1 Å². The van der Waals surface area contributed by atoms with E-state index in [4.69, 9.17) is 4.74 Å². The SMILES string of the molecule is FC(F)(F)c1ccccc1-c1csc(C2CNCCO2)n1. The molecule has 112 valence electrons. The number of nitrogens with zero attached hydrogens (tertiary/aromatic N) is 1. The lowest BCUT2D eigenvalue weighted by atomic mass is 10.1. The topological polar surface area (TPSA) is 34.1 Å². The highest BCUT2D eigenvalue weighted by atomic mass is 32.1. The van der Waals surface area contributed by atoms with Gasteiger partial charge in [-0.3, -0.25) is 0 Å². The third kappa shape index (κ3) is 3.09. The molecule has 3 nitrogen and oxygen atoms in total. The van der Waals surface area contributed by atoms with Crippen molar-refractivity contribution in [2.45, 2.75) is 12.3 Å². The summed E-state index contributed by atoms with van der Waals surface area (Å²) in [6, 6.07) is 5.49. The number of morpholine rings is 1. The van der Waals surface area contributed by atoms with E-state index in [1.165, 1.54) is 23.5 Å². The first-order chi connectivity index (χ1) is 10.1. The molecule has 0 radical (unpaired) electrons. The summed E-state index contributed by atoms with van der Waals surface area (Å²) in [7, 11) is 0. The molecule has 21 heavy (non-hydrogen) atoms. The quantitative estimate of drug-likeness (QED) is 0.921. The highest BCUT2D eigenvalue weighted by molar-refractivity contribution is 7.10. The lowest BCUT2D eigenvalue weighted by Gasteiger charge is -2.21. The first-order valence-corrected chi connectivity index (χ1v) is 7.38. The Balaban J connectivity index is 1.93. The van der Waals surface area contributed by atoms with Gasteiger partial charge in [0.2, 0.25) is 0 Å². The maximum Gasteiger partial charge on any atom is 0.417 e. The summed E-state index contributed by atoms with van der Waals surface area (Å²) in [4.78, 5) is 4.33. The van der Waals surface area contributed by atoms with E-state index in [2.05, 4.69) is 10.3 Å². The van der Waals surface area contributed by atoms with Gasteiger partial charge in [0.05, 0.1) is 17.9 Å². The van der Waals surface area contributed by atoms with Crippen LogP contribution in [0, 0.1) is 0 Å². The summed E-state index contributed by atoms with van der Waals surface area (Å²) in [5, 5.41) is 5.53. The molecule has 1 unspecified atom stereocenters. The summed E-state index contributed by atoms with van der Waals surface area (Å²) < 4.78 is 44.7. The van der Waals surface area contributed by atoms with Gasteiger partial charge in [0.15, 0.2) is 0 Å². The number of benzene rings is 1. The van der Waals surface area contributed by atoms with Gasteiger partial charge in [-0.2, -0.15) is 13.2 Å². The van der Waals surface area contributed by atoms with Crippen LogP contribution in [0.3, 0.4) is 0 Å². The number of nitrogens with one attached hydrogen (secondary N) is 1. The van der Waals surface area contributed by atoms with Crippen molar-refractivity contribution in [2.75, 3.05) is 19.7 Å². The Labute approximate surface area is 123 Å². The van der Waals surface area contributed by atoms with E-state index < -0.39 is 11.7 Å². The van der Waals surface area contributed by atoms with Gasteiger partial charge in [0, 0.05) is 24.0 Å². The molecule has 0 aliphatic carbocycles. The molecule has 0 saturated carbocycles. The van der Waals surface area contributed by atoms with E-state index in [0.717, 1.165) is 12.6 Å². The summed E-state index contributed by atoms with van der Waals surface area (Å²) >= 11 is 1.33. The molecule has 1 atom stereocenters. The summed E-state index contributed by atoms with van der Waals surface area (Å²) in [6.45, 7) is 2.00. The van der Waals surface area contributed by atoms with Gasteiger partial charge in [-0.25, -0.2) is 4.98 Å². The lowest BCUT2D eigenvalue weighted by molar-refractivity contribution is -0.137. The Hall–Kier alpha value is -1.44. The van der Waals surface area contributed by atoms with E-state index in [1.807, 2.05) is 0 Å². The first kappa shape index (κ1) is 14.5. The molecule has 1 aromatic heterocycles. The monoisotopic (exact) mass is 314 g/mol. The second-order valence-corrected chi connectivity index (χ2v) is 5.57. The minimum absolute atomic E-state index is 0.108. The molecule has 0 spiro atoms. The van der Waals surface area contributed by atoms with Crippen LogP contribution in [-0.2, 0) is 10.9 Å². The minimum Gasteiger partial charge on any atom is -0.368 e. The molecule has 3 rings (SSSR count). The molecule has 1 saturated heterocycles. The molecular formula is C14H13F3N2OS. The average Bonchev–Trinajstić information content (AvgIpc) is 2.97. The zero-order valence-electron chi connectivity index (χ0n) is 11.0. The van der Waals surface area contributed by atoms with Crippen molar-refractivity contribution in [1.82, 2.24) is 10.3 Å². The maximum absolute atomic E-state index is 13.0. The number of ether oxygens (including phenoxy) is 1. The van der Waals surface area contributed by atoms with Gasteiger partial charge in [-0.05, 0) is 6.07 Å². The Morgan fingerprint density at radius 2 is 2.10 bits per heavy atom. The van der Waals surface area contributed by atoms with Crippen LogP contribution in [0.15, 0.2) is 29.6 Å². The number of rotatable bonds is 2. The molecule has 2 heterocycles. The van der Waals surface area contributed by atoms with Crippen molar-refractivity contribution in [3.05, 3.63) is 40.2 Å². The van der Waals surface area contributed by atoms with Gasteiger partial charge in [0.1, 0.15) is 11.1 Å². The van der Waals surface area contributed by atoms with Crippen LogP contribution < -0.4 is 5.32 Å². The third-order valence-electron chi connectivity index (χ3n) is 3.23. The van der Waals surface area contributed by atoms with E-state index in [-0.39, 0.29) is 11.7 Å². The summed E-state index contributed by atoms with van der Waals surface area (Å²) in [6.07, 6.45) is -4.57. The zero-order chi connectivity index (χ0) is 14.9. The van der Waals surface area contributed by atoms with Gasteiger partial charge in [-0.1, -0.05) is 18.2 Å². The highest BCUT2D eigenvalue weighted by Crippen LogP contribution is 2.37. The largest absolute Gasteiger partial charge is 0.417 e. The molecular weight excluding hydrogens is 301 g/mol. The van der Waals surface area contributed by atoms with Crippen molar-refractivity contribution in [2.24, 2.45) is 0 Å². The van der Waals surface area contributed by atoms with E-state index >= 15 is 0 Å². The van der Waals surface area contributed by atoms with Crippen LogP contribution in [0.4, 0.5) is 13.2 Å². The van der Waals surface area contributed by atoms with Crippen molar-refractivity contribution in [3.63, 3.8) is 0 Å². The summed E-state index contributed by atoms with van der Waals surface area (Å²) in [5.41, 5.74) is -0.210. The Morgan fingerprint density at radius 1 is 1.29 bits per heavy atom. The molecule has 1 N–H and O–H groups in total. The number of halogens is 3. The number of thiazole rings is 1. The second-order valence-electron chi connectivity index (χ2n) is 4.68. The molecule has 1 aromatic carbocycles. The fraction of sp³-hybridized carbons (Fsp3) is 0.357. The normalized spacial score (nSPS) is 19.7. The van der Waals surface area contributed by atoms with Crippen molar-refractivity contribution < 1.29 is 17.9 Å². The Bertz CT molecular complexity index is 621. The van der Waals surface area contributed by atoms with Crippen LogP contribution in [-0.4, -0.2) is 24.7 Å². The fourth-order valence-corrected chi connectivity index (χ4v) is 3.10. The predicted molar refractivity (Wildman–Crippen MR) is 74.1 cm³/mol. The molecule has 1 fully saturated rings. The Morgan fingerprint density at radius 3 is 2.81 bits per heavy atom. The number of alkyl halides is 3. The smallest absolute Gasteiger partial charge is 0.368 e. The minimum atomic E-state index is -4.39. The molecule has 1 aliphatic heterocycles. The van der Waals surface area contributed by atoms with E-state index in [9.17, 15) is 13.2 Å². The van der Waals surface area contributed by atoms with E-state index in [1.54, 1.807) is 11.4 Å². The van der Waals surface area contributed by atoms with Crippen LogP contribution >= 0.6 is 11.3 Å². The number of hydrogen-bond acceptors (Lipinski definition) is 4. The van der Waals surface area contributed by atoms with Gasteiger partial charge in [-0.15, -0.1) is 11.3 Å². The van der Waals surface area contributed by atoms with Crippen molar-refractivity contribution in [1.29, 1.82) is 0 Å². The number of aromatic nitrogens is 1. The first-order valence-electron chi connectivity index (χ1n) is 6.50. The fourth-order valence-electron chi connectivity index (χ4n) is 2.24. The van der Waals surface area contributed by atoms with Crippen LogP contribution in [0.1, 0.15) is 16.7 Å². The molecule has 7 heteroatoms. The molecule has 1 aliphatic rings. The second kappa shape index (κ2) is 5.75. The summed E-state index contributed by atoms with van der Waals surface area (Å²) in [5.74, 6) is 0. The molecule has 0 amide bonds. The standard InChI is InChI=1S/C14H13F3N2OS/c15-14(16,17)10-4-2-1-3-9(10)11-8-21-13(19-11)12-7-18-5-6-20-12/h1-4,8,12,18H,5-7H2. The average molecular weight is 314 g/mol. The van der Waals surface area contributed by atoms with Gasteiger partial charge in [0.25, 0.3) is 0 Å². The van der Waals surface area contributed by atoms with Gasteiger partial charge >= 0.3 is 6.18 Å². The zero-order valence-corrected chi connectivity index (χ0v) is 11.8. The highest BCUT2D eigenvalue weighted by Gasteiger charge is 2.34. The lowest BCUT2D eigenvalue weighted by Crippen LogP contribution is -2.33. The van der Waals surface area contributed by atoms with Crippen LogP contribution in [0.5, 0.6) is 0 Å². The third-order valence-corrected chi connectivity index (χ3v) is 4.17. The molecule has 2 aromatic rings. The molecule has 0 bridgehead atoms. The van der Waals surface area contributed by atoms with Crippen molar-refractivity contribution in [3.8, 4) is 11.3 Å². The van der Waals surface area contributed by atoms with E-state index in [0.29, 0.717) is 23.9 Å². The van der Waals surface area contributed by atoms with Crippen molar-refractivity contribution >= 4 is 11.3 Å². The maximum atomic E-state index is 13.0. The number of hydrogen-bond donors (Lipinski definition) is 1. The van der Waals surface area contributed by atoms with Crippen LogP contribution in [0.25, 0.3) is 11.3 Å². The van der Waals surface area contributed by atoms with Crippen LogP contribution in [0.2, 0.25) is 0 Å². The predicted octanol–water partition coefficient (Wildman–Crippen LogP) is 3.49. The Kier molecular flexibility index (Phi) is 3.97.